The summed E-state index contributed by atoms with van der Waals surface area (Å²) in [5, 5.41) is 7.73. The van der Waals surface area contributed by atoms with E-state index in [0.29, 0.717) is 28.5 Å². The molecule has 0 fully saturated rings. The quantitative estimate of drug-likeness (QED) is 0.569. The molecule has 0 unspecified atom stereocenters. The SMILES string of the molecule is COc1ccc(-c2n[nH]c(-c3cc4cc(OC)ccc4oc3=O)n2)cc1. The Balaban J connectivity index is 1.76. The van der Waals surface area contributed by atoms with E-state index >= 15 is 0 Å². The van der Waals surface area contributed by atoms with E-state index in [9.17, 15) is 4.79 Å². The first-order chi connectivity index (χ1) is 12.7. The topological polar surface area (TPSA) is 90.2 Å². The lowest BCUT2D eigenvalue weighted by Crippen LogP contribution is -2.03. The lowest BCUT2D eigenvalue weighted by molar-refractivity contribution is 0.415. The molecule has 4 aromatic rings. The second-order valence-corrected chi connectivity index (χ2v) is 5.59. The number of nitrogens with one attached hydrogen (secondary N) is 1. The largest absolute Gasteiger partial charge is 0.497 e. The molecule has 2 aromatic heterocycles. The average molecular weight is 349 g/mol. The molecule has 2 aromatic carbocycles. The van der Waals surface area contributed by atoms with Crippen molar-refractivity contribution >= 4 is 11.0 Å². The summed E-state index contributed by atoms with van der Waals surface area (Å²) in [6.45, 7) is 0. The first-order valence-electron chi connectivity index (χ1n) is 7.87. The summed E-state index contributed by atoms with van der Waals surface area (Å²) in [5.41, 5.74) is 1.10. The summed E-state index contributed by atoms with van der Waals surface area (Å²) >= 11 is 0. The minimum Gasteiger partial charge on any atom is -0.497 e. The van der Waals surface area contributed by atoms with Gasteiger partial charge in [0.1, 0.15) is 22.6 Å². The monoisotopic (exact) mass is 349 g/mol. The summed E-state index contributed by atoms with van der Waals surface area (Å²) in [7, 11) is 3.19. The molecular weight excluding hydrogens is 334 g/mol. The molecule has 26 heavy (non-hydrogen) atoms. The molecule has 0 atom stereocenters. The predicted molar refractivity (Wildman–Crippen MR) is 96.4 cm³/mol. The number of aromatic nitrogens is 3. The Morgan fingerprint density at radius 2 is 1.69 bits per heavy atom. The molecular formula is C19H15N3O4. The minimum atomic E-state index is -0.486. The molecule has 0 aliphatic heterocycles. The molecule has 0 amide bonds. The van der Waals surface area contributed by atoms with Crippen molar-refractivity contribution in [3.05, 3.63) is 59.0 Å². The molecule has 7 heteroatoms. The third-order valence-corrected chi connectivity index (χ3v) is 4.03. The number of benzene rings is 2. The zero-order valence-electron chi connectivity index (χ0n) is 14.1. The number of nitrogens with zero attached hydrogens (tertiary/aromatic N) is 2. The fraction of sp³-hybridized carbons (Fsp3) is 0.105. The molecule has 2 heterocycles. The van der Waals surface area contributed by atoms with Gasteiger partial charge in [-0.1, -0.05) is 0 Å². The Morgan fingerprint density at radius 1 is 0.962 bits per heavy atom. The van der Waals surface area contributed by atoms with E-state index in [1.807, 2.05) is 24.3 Å². The Bertz CT molecular complexity index is 1130. The van der Waals surface area contributed by atoms with Crippen molar-refractivity contribution in [2.45, 2.75) is 0 Å². The average Bonchev–Trinajstić information content (AvgIpc) is 3.17. The van der Waals surface area contributed by atoms with Crippen LogP contribution in [0.4, 0.5) is 0 Å². The van der Waals surface area contributed by atoms with Crippen LogP contribution in [-0.4, -0.2) is 29.4 Å². The van der Waals surface area contributed by atoms with E-state index in [2.05, 4.69) is 15.2 Å². The summed E-state index contributed by atoms with van der Waals surface area (Å²) in [4.78, 5) is 16.7. The zero-order valence-corrected chi connectivity index (χ0v) is 14.1. The molecule has 0 aliphatic rings. The third kappa shape index (κ3) is 2.79. The molecule has 0 bridgehead atoms. The van der Waals surface area contributed by atoms with Crippen LogP contribution in [0.2, 0.25) is 0 Å². The summed E-state index contributed by atoms with van der Waals surface area (Å²) in [5.74, 6) is 2.24. The Kier molecular flexibility index (Phi) is 3.89. The number of H-pyrrole nitrogens is 1. The summed E-state index contributed by atoms with van der Waals surface area (Å²) in [6, 6.07) is 14.3. The summed E-state index contributed by atoms with van der Waals surface area (Å²) < 4.78 is 15.7. The van der Waals surface area contributed by atoms with Crippen molar-refractivity contribution in [3.63, 3.8) is 0 Å². The molecule has 0 radical (unpaired) electrons. The fourth-order valence-corrected chi connectivity index (χ4v) is 2.65. The Hall–Kier alpha value is -3.61. The second kappa shape index (κ2) is 6.36. The van der Waals surface area contributed by atoms with Crippen molar-refractivity contribution < 1.29 is 13.9 Å². The van der Waals surface area contributed by atoms with Crippen molar-refractivity contribution in [1.29, 1.82) is 0 Å². The first-order valence-corrected chi connectivity index (χ1v) is 7.87. The van der Waals surface area contributed by atoms with Gasteiger partial charge in [-0.15, -0.1) is 0 Å². The number of rotatable bonds is 4. The van der Waals surface area contributed by atoms with Gasteiger partial charge in [-0.25, -0.2) is 9.78 Å². The maximum absolute atomic E-state index is 12.3. The van der Waals surface area contributed by atoms with Gasteiger partial charge in [0.2, 0.25) is 0 Å². The van der Waals surface area contributed by atoms with Gasteiger partial charge in [0.05, 0.1) is 14.2 Å². The highest BCUT2D eigenvalue weighted by Gasteiger charge is 2.14. The van der Waals surface area contributed by atoms with Crippen LogP contribution in [0, 0.1) is 0 Å². The first kappa shape index (κ1) is 15.9. The van der Waals surface area contributed by atoms with E-state index in [4.69, 9.17) is 13.9 Å². The highest BCUT2D eigenvalue weighted by Crippen LogP contribution is 2.25. The van der Waals surface area contributed by atoms with Gasteiger partial charge < -0.3 is 13.9 Å². The lowest BCUT2D eigenvalue weighted by Gasteiger charge is -2.02. The van der Waals surface area contributed by atoms with Crippen LogP contribution in [0.25, 0.3) is 33.7 Å². The van der Waals surface area contributed by atoms with Gasteiger partial charge in [-0.05, 0) is 48.5 Å². The number of fused-ring (bicyclic) bond motifs is 1. The van der Waals surface area contributed by atoms with Crippen LogP contribution >= 0.6 is 0 Å². The van der Waals surface area contributed by atoms with Crippen molar-refractivity contribution in [2.75, 3.05) is 14.2 Å². The fourth-order valence-electron chi connectivity index (χ4n) is 2.65. The number of methoxy groups -OCH3 is 2. The molecule has 0 aliphatic carbocycles. The lowest BCUT2D eigenvalue weighted by atomic mass is 10.1. The van der Waals surface area contributed by atoms with Crippen LogP contribution < -0.4 is 15.1 Å². The highest BCUT2D eigenvalue weighted by atomic mass is 16.5. The number of hydrogen-bond acceptors (Lipinski definition) is 6. The van der Waals surface area contributed by atoms with Crippen LogP contribution in [0.5, 0.6) is 11.5 Å². The van der Waals surface area contributed by atoms with E-state index in [-0.39, 0.29) is 0 Å². The number of aromatic amines is 1. The van der Waals surface area contributed by atoms with E-state index in [1.54, 1.807) is 38.5 Å². The van der Waals surface area contributed by atoms with E-state index < -0.39 is 5.63 Å². The van der Waals surface area contributed by atoms with Crippen molar-refractivity contribution in [2.24, 2.45) is 0 Å². The van der Waals surface area contributed by atoms with E-state index in [0.717, 1.165) is 16.7 Å². The maximum Gasteiger partial charge on any atom is 0.347 e. The van der Waals surface area contributed by atoms with Gasteiger partial charge >= 0.3 is 5.63 Å². The molecule has 130 valence electrons. The Morgan fingerprint density at radius 3 is 2.42 bits per heavy atom. The molecule has 4 rings (SSSR count). The van der Waals surface area contributed by atoms with Gasteiger partial charge in [0, 0.05) is 10.9 Å². The van der Waals surface area contributed by atoms with E-state index in [1.165, 1.54) is 0 Å². The highest BCUT2D eigenvalue weighted by molar-refractivity contribution is 5.82. The molecule has 0 saturated heterocycles. The Labute approximate surface area is 148 Å². The van der Waals surface area contributed by atoms with Crippen LogP contribution in [0.15, 0.2) is 57.7 Å². The van der Waals surface area contributed by atoms with Crippen molar-refractivity contribution in [1.82, 2.24) is 15.2 Å². The second-order valence-electron chi connectivity index (χ2n) is 5.59. The standard InChI is InChI=1S/C19H15N3O4/c1-24-13-5-3-11(4-6-13)17-20-18(22-21-17)15-10-12-9-14(25-2)7-8-16(12)26-19(15)23/h3-10H,1-2H3,(H,20,21,22). The van der Waals surface area contributed by atoms with Crippen LogP contribution in [0.1, 0.15) is 0 Å². The normalized spacial score (nSPS) is 10.8. The maximum atomic E-state index is 12.3. The third-order valence-electron chi connectivity index (χ3n) is 4.03. The molecule has 0 spiro atoms. The molecule has 1 N–H and O–H groups in total. The van der Waals surface area contributed by atoms with Crippen molar-refractivity contribution in [3.8, 4) is 34.3 Å². The number of ether oxygens (including phenoxy) is 2. The van der Waals surface area contributed by atoms with Gasteiger partial charge in [0.25, 0.3) is 0 Å². The zero-order chi connectivity index (χ0) is 18.1. The van der Waals surface area contributed by atoms with Crippen LogP contribution in [0.3, 0.4) is 0 Å². The van der Waals surface area contributed by atoms with Gasteiger partial charge in [0.15, 0.2) is 11.6 Å². The van der Waals surface area contributed by atoms with Gasteiger partial charge in [-0.3, -0.25) is 5.10 Å². The van der Waals surface area contributed by atoms with Crippen LogP contribution in [-0.2, 0) is 0 Å². The predicted octanol–water partition coefficient (Wildman–Crippen LogP) is 3.26. The smallest absolute Gasteiger partial charge is 0.347 e. The molecule has 0 saturated carbocycles. The van der Waals surface area contributed by atoms with Gasteiger partial charge in [-0.2, -0.15) is 5.10 Å². The number of hydrogen-bond donors (Lipinski definition) is 1. The summed E-state index contributed by atoms with van der Waals surface area (Å²) in [6.07, 6.45) is 0. The molecule has 7 nitrogen and oxygen atoms in total. The minimum absolute atomic E-state index is 0.304.